The second-order valence-electron chi connectivity index (χ2n) is 5.44. The van der Waals surface area contributed by atoms with Gasteiger partial charge in [-0.05, 0) is 19.4 Å². The van der Waals surface area contributed by atoms with Crippen molar-refractivity contribution in [3.05, 3.63) is 36.0 Å². The summed E-state index contributed by atoms with van der Waals surface area (Å²) in [6.07, 6.45) is 4.46. The first kappa shape index (κ1) is 14.7. The van der Waals surface area contributed by atoms with Crippen LogP contribution in [0.15, 0.2) is 35.6 Å². The molecule has 6 nitrogen and oxygen atoms in total. The van der Waals surface area contributed by atoms with Gasteiger partial charge in [0.05, 0.1) is 25.8 Å². The quantitative estimate of drug-likeness (QED) is 0.671. The summed E-state index contributed by atoms with van der Waals surface area (Å²) in [5.41, 5.74) is 4.47. The Labute approximate surface area is 128 Å². The van der Waals surface area contributed by atoms with Crippen molar-refractivity contribution in [2.24, 2.45) is 5.10 Å². The van der Waals surface area contributed by atoms with Crippen molar-refractivity contribution in [1.29, 1.82) is 0 Å². The number of benzene rings is 1. The predicted octanol–water partition coefficient (Wildman–Crippen LogP) is 2.16. The number of fused-ring (bicyclic) bond motifs is 1. The molecule has 0 atom stereocenters. The maximum atomic E-state index is 11.9. The first-order chi connectivity index (χ1) is 10.7. The van der Waals surface area contributed by atoms with E-state index in [4.69, 9.17) is 9.47 Å². The molecule has 2 heterocycles. The fourth-order valence-electron chi connectivity index (χ4n) is 2.48. The Hall–Kier alpha value is -2.18. The summed E-state index contributed by atoms with van der Waals surface area (Å²) in [4.78, 5) is 15.1. The number of para-hydroxylation sites is 1. The number of nitrogens with one attached hydrogen (secondary N) is 2. The van der Waals surface area contributed by atoms with E-state index in [0.29, 0.717) is 13.2 Å². The van der Waals surface area contributed by atoms with Crippen molar-refractivity contribution < 1.29 is 14.3 Å². The van der Waals surface area contributed by atoms with Gasteiger partial charge in [0.2, 0.25) is 5.91 Å². The highest BCUT2D eigenvalue weighted by molar-refractivity contribution is 5.99. The molecule has 1 fully saturated rings. The van der Waals surface area contributed by atoms with E-state index in [1.165, 1.54) is 0 Å². The fourth-order valence-corrected chi connectivity index (χ4v) is 2.48. The smallest absolute Gasteiger partial charge is 0.245 e. The Morgan fingerprint density at radius 2 is 2.18 bits per heavy atom. The van der Waals surface area contributed by atoms with Crippen LogP contribution in [0.3, 0.4) is 0 Å². The van der Waals surface area contributed by atoms with Gasteiger partial charge in [0.1, 0.15) is 0 Å². The van der Waals surface area contributed by atoms with Crippen molar-refractivity contribution in [3.8, 4) is 0 Å². The monoisotopic (exact) mass is 301 g/mol. The Morgan fingerprint density at radius 3 is 3.00 bits per heavy atom. The maximum absolute atomic E-state index is 11.9. The SMILES string of the molecule is CC1(CC(=O)N/N=C\c2c[nH]c3ccccc23)OCCCO1. The lowest BCUT2D eigenvalue weighted by Gasteiger charge is -2.33. The number of hydrazone groups is 1. The lowest BCUT2D eigenvalue weighted by molar-refractivity contribution is -0.256. The number of amides is 1. The molecule has 1 aliphatic heterocycles. The minimum Gasteiger partial charge on any atom is -0.361 e. The highest BCUT2D eigenvalue weighted by Crippen LogP contribution is 2.21. The number of ether oxygens (including phenoxy) is 2. The van der Waals surface area contributed by atoms with Crippen LogP contribution >= 0.6 is 0 Å². The molecule has 3 rings (SSSR count). The van der Waals surface area contributed by atoms with E-state index in [1.54, 1.807) is 13.1 Å². The Balaban J connectivity index is 1.58. The molecular weight excluding hydrogens is 282 g/mol. The van der Waals surface area contributed by atoms with Crippen molar-refractivity contribution >= 4 is 23.0 Å². The van der Waals surface area contributed by atoms with Gasteiger partial charge in [0, 0.05) is 22.7 Å². The summed E-state index contributed by atoms with van der Waals surface area (Å²) in [5, 5.41) is 5.07. The molecule has 0 spiro atoms. The Bertz CT molecular complexity index is 687. The van der Waals surface area contributed by atoms with Crippen molar-refractivity contribution in [1.82, 2.24) is 10.4 Å². The topological polar surface area (TPSA) is 75.7 Å². The highest BCUT2D eigenvalue weighted by atomic mass is 16.7. The van der Waals surface area contributed by atoms with Gasteiger partial charge in [-0.2, -0.15) is 5.10 Å². The third kappa shape index (κ3) is 3.35. The number of carbonyl (C=O) groups is 1. The zero-order chi connectivity index (χ0) is 15.4. The molecule has 6 heteroatoms. The van der Waals surface area contributed by atoms with Crippen LogP contribution in [0, 0.1) is 0 Å². The lowest BCUT2D eigenvalue weighted by atomic mass is 10.2. The van der Waals surface area contributed by atoms with Crippen molar-refractivity contribution in [2.75, 3.05) is 13.2 Å². The Kier molecular flexibility index (Phi) is 4.22. The van der Waals surface area contributed by atoms with Gasteiger partial charge in [0.15, 0.2) is 5.79 Å². The molecule has 22 heavy (non-hydrogen) atoms. The summed E-state index contributed by atoms with van der Waals surface area (Å²) in [7, 11) is 0. The molecule has 0 saturated carbocycles. The van der Waals surface area contributed by atoms with E-state index < -0.39 is 5.79 Å². The average Bonchev–Trinajstić information content (AvgIpc) is 2.91. The molecule has 1 aromatic heterocycles. The minimum absolute atomic E-state index is 0.123. The second-order valence-corrected chi connectivity index (χ2v) is 5.44. The summed E-state index contributed by atoms with van der Waals surface area (Å²) in [6, 6.07) is 7.92. The molecular formula is C16H19N3O3. The minimum atomic E-state index is -0.849. The Morgan fingerprint density at radius 1 is 1.41 bits per heavy atom. The van der Waals surface area contributed by atoms with Crippen LogP contribution in [0.25, 0.3) is 10.9 Å². The first-order valence-corrected chi connectivity index (χ1v) is 7.32. The molecule has 0 aliphatic carbocycles. The number of aromatic amines is 1. The van der Waals surface area contributed by atoms with Gasteiger partial charge >= 0.3 is 0 Å². The van der Waals surface area contributed by atoms with E-state index >= 15 is 0 Å². The van der Waals surface area contributed by atoms with E-state index in [1.807, 2.05) is 30.5 Å². The molecule has 116 valence electrons. The van der Waals surface area contributed by atoms with Crippen LogP contribution in [0.5, 0.6) is 0 Å². The lowest BCUT2D eigenvalue weighted by Crippen LogP contribution is -2.41. The zero-order valence-corrected chi connectivity index (χ0v) is 12.5. The van der Waals surface area contributed by atoms with Crippen molar-refractivity contribution in [2.45, 2.75) is 25.6 Å². The molecule has 1 aromatic carbocycles. The number of carbonyl (C=O) groups excluding carboxylic acids is 1. The number of H-pyrrole nitrogens is 1. The van der Waals surface area contributed by atoms with Gasteiger partial charge in [-0.25, -0.2) is 5.43 Å². The number of rotatable bonds is 4. The molecule has 1 amide bonds. The number of aromatic nitrogens is 1. The normalized spacial score (nSPS) is 17.9. The number of nitrogens with zero attached hydrogens (tertiary/aromatic N) is 1. The number of hydrogen-bond acceptors (Lipinski definition) is 4. The highest BCUT2D eigenvalue weighted by Gasteiger charge is 2.31. The van der Waals surface area contributed by atoms with Crippen LogP contribution in [-0.2, 0) is 14.3 Å². The first-order valence-electron chi connectivity index (χ1n) is 7.32. The van der Waals surface area contributed by atoms with Crippen LogP contribution < -0.4 is 5.43 Å². The second kappa shape index (κ2) is 6.29. The van der Waals surface area contributed by atoms with E-state index in [-0.39, 0.29) is 12.3 Å². The molecule has 1 aliphatic rings. The molecule has 0 unspecified atom stereocenters. The van der Waals surface area contributed by atoms with Crippen LogP contribution in [0.2, 0.25) is 0 Å². The van der Waals surface area contributed by atoms with Gasteiger partial charge in [-0.3, -0.25) is 4.79 Å². The summed E-state index contributed by atoms with van der Waals surface area (Å²) < 4.78 is 11.0. The van der Waals surface area contributed by atoms with Crippen molar-refractivity contribution in [3.63, 3.8) is 0 Å². The molecule has 2 N–H and O–H groups in total. The summed E-state index contributed by atoms with van der Waals surface area (Å²) in [6.45, 7) is 3.00. The van der Waals surface area contributed by atoms with E-state index in [9.17, 15) is 4.79 Å². The standard InChI is InChI=1S/C16H19N3O3/c1-16(21-7-4-8-22-16)9-15(20)19-18-11-12-10-17-14-6-3-2-5-13(12)14/h2-3,5-6,10-11,17H,4,7-9H2,1H3,(H,19,20)/b18-11-. The average molecular weight is 301 g/mol. The van der Waals surface area contributed by atoms with Crippen LogP contribution in [0.4, 0.5) is 0 Å². The number of hydrogen-bond donors (Lipinski definition) is 2. The molecule has 1 saturated heterocycles. The summed E-state index contributed by atoms with van der Waals surface area (Å²) >= 11 is 0. The predicted molar refractivity (Wildman–Crippen MR) is 83.6 cm³/mol. The van der Waals surface area contributed by atoms with Gasteiger partial charge in [-0.1, -0.05) is 18.2 Å². The third-order valence-corrected chi connectivity index (χ3v) is 3.60. The fraction of sp³-hybridized carbons (Fsp3) is 0.375. The summed E-state index contributed by atoms with van der Waals surface area (Å²) in [5.74, 6) is -1.08. The maximum Gasteiger partial charge on any atom is 0.245 e. The third-order valence-electron chi connectivity index (χ3n) is 3.60. The molecule has 0 radical (unpaired) electrons. The van der Waals surface area contributed by atoms with Gasteiger partial charge < -0.3 is 14.5 Å². The van der Waals surface area contributed by atoms with E-state index in [0.717, 1.165) is 22.9 Å². The largest absolute Gasteiger partial charge is 0.361 e. The van der Waals surface area contributed by atoms with E-state index in [2.05, 4.69) is 15.5 Å². The van der Waals surface area contributed by atoms with Gasteiger partial charge in [0.25, 0.3) is 0 Å². The van der Waals surface area contributed by atoms with Crippen LogP contribution in [0.1, 0.15) is 25.3 Å². The van der Waals surface area contributed by atoms with Crippen LogP contribution in [-0.4, -0.2) is 36.1 Å². The zero-order valence-electron chi connectivity index (χ0n) is 12.5. The molecule has 0 bridgehead atoms. The van der Waals surface area contributed by atoms with Gasteiger partial charge in [-0.15, -0.1) is 0 Å². The molecule has 2 aromatic rings.